The highest BCUT2D eigenvalue weighted by Crippen LogP contribution is 2.30. The van der Waals surface area contributed by atoms with Gasteiger partial charge in [-0.25, -0.2) is 0 Å². The van der Waals surface area contributed by atoms with E-state index in [1.165, 1.54) is 22.3 Å². The molecule has 0 heterocycles. The van der Waals surface area contributed by atoms with Gasteiger partial charge in [-0.05, 0) is 53.1 Å². The van der Waals surface area contributed by atoms with Crippen LogP contribution in [0, 0.1) is 6.92 Å². The summed E-state index contributed by atoms with van der Waals surface area (Å²) in [5.41, 5.74) is 12.0. The van der Waals surface area contributed by atoms with Gasteiger partial charge in [0.25, 0.3) is 0 Å². The Kier molecular flexibility index (Phi) is 3.66. The zero-order chi connectivity index (χ0) is 14.0. The molecule has 2 N–H and O–H groups in total. The van der Waals surface area contributed by atoms with Crippen LogP contribution in [0.4, 0.5) is 5.69 Å². The fraction of sp³-hybridized carbons (Fsp3) is 0.333. The van der Waals surface area contributed by atoms with Crippen molar-refractivity contribution in [2.75, 3.05) is 5.73 Å². The largest absolute Gasteiger partial charge is 0.399 e. The Bertz CT molecular complexity index is 565. The normalized spacial score (nSPS) is 11.6. The minimum Gasteiger partial charge on any atom is -0.399 e. The molecular formula is C18H23N. The van der Waals surface area contributed by atoms with Crippen LogP contribution in [0.15, 0.2) is 42.5 Å². The maximum Gasteiger partial charge on any atom is 0.0317 e. The molecule has 0 unspecified atom stereocenters. The molecule has 0 atom stereocenters. The summed E-state index contributed by atoms with van der Waals surface area (Å²) in [6.07, 6.45) is 1.15. The lowest BCUT2D eigenvalue weighted by Crippen LogP contribution is -2.14. The SMILES string of the molecule is CCC(C)(C)c1ccc(-c2ccc(N)cc2C)cc1. The van der Waals surface area contributed by atoms with Crippen LogP contribution >= 0.6 is 0 Å². The van der Waals surface area contributed by atoms with Gasteiger partial charge in [-0.2, -0.15) is 0 Å². The summed E-state index contributed by atoms with van der Waals surface area (Å²) in [6, 6.07) is 15.0. The van der Waals surface area contributed by atoms with Crippen molar-refractivity contribution in [2.24, 2.45) is 0 Å². The highest BCUT2D eigenvalue weighted by atomic mass is 14.5. The van der Waals surface area contributed by atoms with Crippen LogP contribution in [0.2, 0.25) is 0 Å². The Balaban J connectivity index is 2.38. The maximum atomic E-state index is 5.80. The zero-order valence-electron chi connectivity index (χ0n) is 12.3. The summed E-state index contributed by atoms with van der Waals surface area (Å²) in [6.45, 7) is 8.92. The Morgan fingerprint density at radius 2 is 1.63 bits per heavy atom. The molecule has 100 valence electrons. The number of benzene rings is 2. The van der Waals surface area contributed by atoms with E-state index in [2.05, 4.69) is 58.0 Å². The van der Waals surface area contributed by atoms with Gasteiger partial charge in [-0.15, -0.1) is 0 Å². The van der Waals surface area contributed by atoms with Crippen molar-refractivity contribution in [2.45, 2.75) is 39.5 Å². The second-order valence-corrected chi connectivity index (χ2v) is 5.89. The Morgan fingerprint density at radius 3 is 2.16 bits per heavy atom. The minimum absolute atomic E-state index is 0.245. The lowest BCUT2D eigenvalue weighted by atomic mass is 9.81. The van der Waals surface area contributed by atoms with Crippen LogP contribution in [0.3, 0.4) is 0 Å². The molecule has 0 saturated carbocycles. The fourth-order valence-corrected chi connectivity index (χ4v) is 2.32. The van der Waals surface area contributed by atoms with Crippen LogP contribution < -0.4 is 5.73 Å². The standard InChI is InChI=1S/C18H23N/c1-5-18(3,4)15-8-6-14(7-9-15)17-11-10-16(19)12-13(17)2/h6-12H,5,19H2,1-4H3. The van der Waals surface area contributed by atoms with Gasteiger partial charge in [-0.3, -0.25) is 0 Å². The molecule has 0 radical (unpaired) electrons. The van der Waals surface area contributed by atoms with Gasteiger partial charge in [0.1, 0.15) is 0 Å². The van der Waals surface area contributed by atoms with Gasteiger partial charge in [0.2, 0.25) is 0 Å². The van der Waals surface area contributed by atoms with Gasteiger partial charge in [0, 0.05) is 5.69 Å². The molecule has 0 spiro atoms. The van der Waals surface area contributed by atoms with Gasteiger partial charge in [0.15, 0.2) is 0 Å². The highest BCUT2D eigenvalue weighted by molar-refractivity contribution is 5.69. The third-order valence-corrected chi connectivity index (χ3v) is 4.11. The van der Waals surface area contributed by atoms with E-state index in [0.29, 0.717) is 0 Å². The summed E-state index contributed by atoms with van der Waals surface area (Å²) in [4.78, 5) is 0. The molecule has 1 heteroatoms. The fourth-order valence-electron chi connectivity index (χ4n) is 2.32. The molecule has 0 aliphatic heterocycles. The maximum absolute atomic E-state index is 5.80. The third-order valence-electron chi connectivity index (χ3n) is 4.11. The molecule has 0 saturated heterocycles. The third kappa shape index (κ3) is 2.81. The Morgan fingerprint density at radius 1 is 1.00 bits per heavy atom. The van der Waals surface area contributed by atoms with E-state index in [1.54, 1.807) is 0 Å². The molecule has 19 heavy (non-hydrogen) atoms. The lowest BCUT2D eigenvalue weighted by molar-refractivity contribution is 0.506. The lowest BCUT2D eigenvalue weighted by Gasteiger charge is -2.23. The molecule has 0 fully saturated rings. The quantitative estimate of drug-likeness (QED) is 0.771. The molecule has 0 aliphatic rings. The second kappa shape index (κ2) is 5.08. The number of anilines is 1. The van der Waals surface area contributed by atoms with Crippen molar-refractivity contribution < 1.29 is 0 Å². The zero-order valence-corrected chi connectivity index (χ0v) is 12.3. The highest BCUT2D eigenvalue weighted by Gasteiger charge is 2.17. The van der Waals surface area contributed by atoms with Gasteiger partial charge >= 0.3 is 0 Å². The average Bonchev–Trinajstić information content (AvgIpc) is 2.39. The first-order chi connectivity index (χ1) is 8.94. The number of rotatable bonds is 3. The van der Waals surface area contributed by atoms with Crippen LogP contribution in [0.25, 0.3) is 11.1 Å². The van der Waals surface area contributed by atoms with Crippen LogP contribution in [0.1, 0.15) is 38.3 Å². The summed E-state index contributed by atoms with van der Waals surface area (Å²) in [7, 11) is 0. The molecule has 0 bridgehead atoms. The first-order valence-corrected chi connectivity index (χ1v) is 6.91. The van der Waals surface area contributed by atoms with Gasteiger partial charge in [0.05, 0.1) is 0 Å². The average molecular weight is 253 g/mol. The van der Waals surface area contributed by atoms with E-state index in [1.807, 2.05) is 12.1 Å². The van der Waals surface area contributed by atoms with Crippen LogP contribution in [0.5, 0.6) is 0 Å². The monoisotopic (exact) mass is 253 g/mol. The molecule has 0 aliphatic carbocycles. The Hall–Kier alpha value is -1.76. The second-order valence-electron chi connectivity index (χ2n) is 5.89. The minimum atomic E-state index is 0.245. The number of hydrogen-bond acceptors (Lipinski definition) is 1. The first kappa shape index (κ1) is 13.7. The number of nitrogen functional groups attached to an aromatic ring is 1. The van der Waals surface area contributed by atoms with Crippen molar-refractivity contribution in [3.05, 3.63) is 53.6 Å². The molecule has 0 amide bonds. The summed E-state index contributed by atoms with van der Waals surface area (Å²) >= 11 is 0. The van der Waals surface area contributed by atoms with Crippen molar-refractivity contribution in [3.8, 4) is 11.1 Å². The molecule has 2 aromatic rings. The summed E-state index contributed by atoms with van der Waals surface area (Å²) in [5, 5.41) is 0. The summed E-state index contributed by atoms with van der Waals surface area (Å²) in [5.74, 6) is 0. The molecule has 2 rings (SSSR count). The van der Waals surface area contributed by atoms with E-state index >= 15 is 0 Å². The van der Waals surface area contributed by atoms with Gasteiger partial charge < -0.3 is 5.73 Å². The van der Waals surface area contributed by atoms with E-state index < -0.39 is 0 Å². The van der Waals surface area contributed by atoms with Crippen molar-refractivity contribution >= 4 is 5.69 Å². The molecule has 0 aromatic heterocycles. The summed E-state index contributed by atoms with van der Waals surface area (Å²) < 4.78 is 0. The predicted octanol–water partition coefficient (Wildman–Crippen LogP) is 4.93. The van der Waals surface area contributed by atoms with Crippen LogP contribution in [-0.2, 0) is 5.41 Å². The van der Waals surface area contributed by atoms with Crippen molar-refractivity contribution in [1.82, 2.24) is 0 Å². The molecule has 2 aromatic carbocycles. The number of nitrogens with two attached hydrogens (primary N) is 1. The van der Waals surface area contributed by atoms with E-state index in [0.717, 1.165) is 12.1 Å². The number of aryl methyl sites for hydroxylation is 1. The van der Waals surface area contributed by atoms with E-state index in [4.69, 9.17) is 5.73 Å². The van der Waals surface area contributed by atoms with Gasteiger partial charge in [-0.1, -0.05) is 51.1 Å². The topological polar surface area (TPSA) is 26.0 Å². The van der Waals surface area contributed by atoms with Crippen LogP contribution in [-0.4, -0.2) is 0 Å². The molecule has 1 nitrogen and oxygen atoms in total. The smallest absolute Gasteiger partial charge is 0.0317 e. The Labute approximate surface area is 116 Å². The molecular weight excluding hydrogens is 230 g/mol. The van der Waals surface area contributed by atoms with E-state index in [9.17, 15) is 0 Å². The van der Waals surface area contributed by atoms with Crippen molar-refractivity contribution in [3.63, 3.8) is 0 Å². The van der Waals surface area contributed by atoms with E-state index in [-0.39, 0.29) is 5.41 Å². The number of hydrogen-bond donors (Lipinski definition) is 1. The predicted molar refractivity (Wildman–Crippen MR) is 84.3 cm³/mol. The van der Waals surface area contributed by atoms with Crippen molar-refractivity contribution in [1.29, 1.82) is 0 Å². The first-order valence-electron chi connectivity index (χ1n) is 6.91.